The Morgan fingerprint density at radius 3 is 2.93 bits per heavy atom. The highest BCUT2D eigenvalue weighted by Crippen LogP contribution is 2.24. The SMILES string of the molecule is Cc1cccc([N+](=O)[O-])c1C1=NCCO1. The highest BCUT2D eigenvalue weighted by molar-refractivity contribution is 6.00. The van der Waals surface area contributed by atoms with Crippen LogP contribution in [0.4, 0.5) is 5.69 Å². The summed E-state index contributed by atoms with van der Waals surface area (Å²) in [7, 11) is 0. The number of nitrogens with zero attached hydrogens (tertiary/aromatic N) is 2. The molecule has 0 spiro atoms. The van der Waals surface area contributed by atoms with Crippen molar-refractivity contribution in [1.29, 1.82) is 0 Å². The zero-order valence-electron chi connectivity index (χ0n) is 8.27. The van der Waals surface area contributed by atoms with E-state index in [0.717, 1.165) is 5.56 Å². The van der Waals surface area contributed by atoms with Crippen LogP contribution >= 0.6 is 0 Å². The molecule has 0 bridgehead atoms. The Kier molecular flexibility index (Phi) is 2.37. The van der Waals surface area contributed by atoms with Crippen molar-refractivity contribution in [3.05, 3.63) is 39.4 Å². The van der Waals surface area contributed by atoms with Crippen LogP contribution in [0.25, 0.3) is 0 Å². The normalized spacial score (nSPS) is 14.6. The first-order valence-corrected chi connectivity index (χ1v) is 4.62. The molecule has 0 saturated carbocycles. The fourth-order valence-electron chi connectivity index (χ4n) is 1.57. The van der Waals surface area contributed by atoms with Gasteiger partial charge in [0, 0.05) is 6.07 Å². The summed E-state index contributed by atoms with van der Waals surface area (Å²) in [6.45, 7) is 2.88. The Morgan fingerprint density at radius 2 is 2.33 bits per heavy atom. The quantitative estimate of drug-likeness (QED) is 0.546. The fourth-order valence-corrected chi connectivity index (χ4v) is 1.57. The molecule has 1 heterocycles. The maximum Gasteiger partial charge on any atom is 0.282 e. The largest absolute Gasteiger partial charge is 0.475 e. The number of ether oxygens (including phenoxy) is 1. The van der Waals surface area contributed by atoms with Gasteiger partial charge in [-0.15, -0.1) is 0 Å². The van der Waals surface area contributed by atoms with E-state index >= 15 is 0 Å². The van der Waals surface area contributed by atoms with E-state index in [2.05, 4.69) is 4.99 Å². The molecule has 0 atom stereocenters. The maximum atomic E-state index is 10.8. The van der Waals surface area contributed by atoms with Gasteiger partial charge in [0.25, 0.3) is 5.69 Å². The summed E-state index contributed by atoms with van der Waals surface area (Å²) in [5.41, 5.74) is 1.36. The molecule has 1 aliphatic heterocycles. The van der Waals surface area contributed by atoms with E-state index in [1.165, 1.54) is 6.07 Å². The number of hydrogen-bond donors (Lipinski definition) is 0. The van der Waals surface area contributed by atoms with Crippen LogP contribution < -0.4 is 0 Å². The maximum absolute atomic E-state index is 10.8. The number of aliphatic imine (C=N–C) groups is 1. The molecule has 0 amide bonds. The number of hydrogen-bond acceptors (Lipinski definition) is 4. The van der Waals surface area contributed by atoms with Gasteiger partial charge in [-0.2, -0.15) is 0 Å². The minimum Gasteiger partial charge on any atom is -0.475 e. The highest BCUT2D eigenvalue weighted by Gasteiger charge is 2.23. The van der Waals surface area contributed by atoms with Gasteiger partial charge in [0.2, 0.25) is 5.90 Å². The average Bonchev–Trinajstić information content (AvgIpc) is 2.70. The Bertz CT molecular complexity index is 440. The molecule has 5 heteroatoms. The Labute approximate surface area is 86.5 Å². The number of nitro benzene ring substituents is 1. The molecule has 0 radical (unpaired) electrons. The number of aryl methyl sites for hydroxylation is 1. The van der Waals surface area contributed by atoms with Crippen LogP contribution in [0.3, 0.4) is 0 Å². The summed E-state index contributed by atoms with van der Waals surface area (Å²) in [5.74, 6) is 0.389. The molecule has 0 fully saturated rings. The van der Waals surface area contributed by atoms with E-state index < -0.39 is 4.92 Å². The van der Waals surface area contributed by atoms with Crippen LogP contribution in [0.2, 0.25) is 0 Å². The van der Waals surface area contributed by atoms with Gasteiger partial charge in [0.1, 0.15) is 12.2 Å². The summed E-state index contributed by atoms with van der Waals surface area (Å²) in [4.78, 5) is 14.5. The van der Waals surface area contributed by atoms with E-state index in [9.17, 15) is 10.1 Å². The van der Waals surface area contributed by atoms with Gasteiger partial charge < -0.3 is 4.74 Å². The lowest BCUT2D eigenvalue weighted by atomic mass is 10.1. The smallest absolute Gasteiger partial charge is 0.282 e. The molecule has 1 aromatic carbocycles. The van der Waals surface area contributed by atoms with Crippen LogP contribution in [0.1, 0.15) is 11.1 Å². The van der Waals surface area contributed by atoms with E-state index in [1.54, 1.807) is 6.07 Å². The van der Waals surface area contributed by atoms with Crippen LogP contribution in [0.5, 0.6) is 0 Å². The molecule has 5 nitrogen and oxygen atoms in total. The highest BCUT2D eigenvalue weighted by atomic mass is 16.6. The van der Waals surface area contributed by atoms with Gasteiger partial charge in [-0.3, -0.25) is 10.1 Å². The molecular formula is C10H10N2O3. The first kappa shape index (κ1) is 9.64. The minimum atomic E-state index is -0.410. The van der Waals surface area contributed by atoms with Crippen molar-refractivity contribution < 1.29 is 9.66 Å². The number of nitro groups is 1. The van der Waals surface area contributed by atoms with Crippen LogP contribution in [-0.2, 0) is 4.74 Å². The van der Waals surface area contributed by atoms with Crippen molar-refractivity contribution in [2.45, 2.75) is 6.92 Å². The van der Waals surface area contributed by atoms with Crippen LogP contribution in [0, 0.1) is 17.0 Å². The standard InChI is InChI=1S/C10H10N2O3/c1-7-3-2-4-8(12(13)14)9(7)10-11-5-6-15-10/h2-4H,5-6H2,1H3. The lowest BCUT2D eigenvalue weighted by Gasteiger charge is -2.05. The van der Waals surface area contributed by atoms with Crippen molar-refractivity contribution in [2.24, 2.45) is 4.99 Å². The number of benzene rings is 1. The number of rotatable bonds is 2. The van der Waals surface area contributed by atoms with Crippen LogP contribution in [-0.4, -0.2) is 24.0 Å². The molecule has 0 aliphatic carbocycles. The fraction of sp³-hybridized carbons (Fsp3) is 0.300. The molecule has 0 N–H and O–H groups in total. The molecule has 1 aromatic rings. The van der Waals surface area contributed by atoms with Crippen LogP contribution in [0.15, 0.2) is 23.2 Å². The third-order valence-corrected chi connectivity index (χ3v) is 2.25. The molecule has 1 aliphatic rings. The van der Waals surface area contributed by atoms with Gasteiger partial charge in [-0.1, -0.05) is 12.1 Å². The summed E-state index contributed by atoms with van der Waals surface area (Å²) >= 11 is 0. The Hall–Kier alpha value is -1.91. The zero-order valence-corrected chi connectivity index (χ0v) is 8.27. The Morgan fingerprint density at radius 1 is 1.53 bits per heavy atom. The van der Waals surface area contributed by atoms with Gasteiger partial charge in [-0.05, 0) is 12.5 Å². The average molecular weight is 206 g/mol. The summed E-state index contributed by atoms with van der Waals surface area (Å²) in [5, 5.41) is 10.8. The topological polar surface area (TPSA) is 64.7 Å². The van der Waals surface area contributed by atoms with Crippen molar-refractivity contribution in [3.63, 3.8) is 0 Å². The van der Waals surface area contributed by atoms with Crippen molar-refractivity contribution in [2.75, 3.05) is 13.2 Å². The van der Waals surface area contributed by atoms with Crippen molar-refractivity contribution in [3.8, 4) is 0 Å². The molecular weight excluding hydrogens is 196 g/mol. The third-order valence-electron chi connectivity index (χ3n) is 2.25. The predicted molar refractivity (Wildman–Crippen MR) is 55.2 cm³/mol. The Balaban J connectivity index is 2.56. The van der Waals surface area contributed by atoms with E-state index in [1.807, 2.05) is 13.0 Å². The van der Waals surface area contributed by atoms with Gasteiger partial charge in [0.05, 0.1) is 11.5 Å². The second kappa shape index (κ2) is 3.68. The summed E-state index contributed by atoms with van der Waals surface area (Å²) in [6.07, 6.45) is 0. The van der Waals surface area contributed by atoms with Gasteiger partial charge >= 0.3 is 0 Å². The van der Waals surface area contributed by atoms with E-state index in [-0.39, 0.29) is 5.69 Å². The van der Waals surface area contributed by atoms with E-state index in [0.29, 0.717) is 24.6 Å². The zero-order chi connectivity index (χ0) is 10.8. The van der Waals surface area contributed by atoms with Crippen molar-refractivity contribution in [1.82, 2.24) is 0 Å². The molecule has 0 saturated heterocycles. The third kappa shape index (κ3) is 1.68. The molecule has 78 valence electrons. The predicted octanol–water partition coefficient (Wildman–Crippen LogP) is 1.68. The first-order chi connectivity index (χ1) is 7.20. The van der Waals surface area contributed by atoms with E-state index in [4.69, 9.17) is 4.74 Å². The lowest BCUT2D eigenvalue weighted by Crippen LogP contribution is -2.07. The first-order valence-electron chi connectivity index (χ1n) is 4.62. The van der Waals surface area contributed by atoms with Crippen molar-refractivity contribution >= 4 is 11.6 Å². The van der Waals surface area contributed by atoms with Gasteiger partial charge in [-0.25, -0.2) is 4.99 Å². The second-order valence-corrected chi connectivity index (χ2v) is 3.26. The lowest BCUT2D eigenvalue weighted by molar-refractivity contribution is -0.385. The molecule has 2 rings (SSSR count). The second-order valence-electron chi connectivity index (χ2n) is 3.26. The minimum absolute atomic E-state index is 0.0515. The summed E-state index contributed by atoms with van der Waals surface area (Å²) in [6, 6.07) is 4.94. The summed E-state index contributed by atoms with van der Waals surface area (Å²) < 4.78 is 5.26. The molecule has 0 aromatic heterocycles. The molecule has 0 unspecified atom stereocenters. The van der Waals surface area contributed by atoms with Gasteiger partial charge in [0.15, 0.2) is 0 Å². The monoisotopic (exact) mass is 206 g/mol. The molecule has 15 heavy (non-hydrogen) atoms.